The van der Waals surface area contributed by atoms with E-state index in [9.17, 15) is 19.1 Å². The summed E-state index contributed by atoms with van der Waals surface area (Å²) in [5.41, 5.74) is 2.52. The molecule has 224 valence electrons. The fourth-order valence-electron chi connectivity index (χ4n) is 5.12. The second-order valence-electron chi connectivity index (χ2n) is 9.99. The first-order valence-electron chi connectivity index (χ1n) is 13.9. The number of thiazole rings is 1. The molecule has 1 saturated heterocycles. The van der Waals surface area contributed by atoms with Gasteiger partial charge in [-0.1, -0.05) is 64.5 Å². The number of ether oxygens (including phenoxy) is 1. The number of hydrogen-bond acceptors (Lipinski definition) is 9. The molecule has 2 N–H and O–H groups in total. The van der Waals surface area contributed by atoms with Crippen molar-refractivity contribution in [2.45, 2.75) is 19.0 Å². The number of carboxylic acids is 1. The standard InChI is InChI=1S/C31H31BrFN5O4S/c1-2-42-31(41)26-24(35-28(29-34-12-17-43-29)36-27(26)22-10-9-21(33)18-23(22)32)19-37-13-15-38(16-14-37)25(30(39)40)11-8-20-6-4-3-5-7-20/h3-12,17-18,25,27H,2,13-16,19H2,1H3,(H,35,36)(H,39,40)/b11-8+. The first-order valence-corrected chi connectivity index (χ1v) is 15.5. The predicted molar refractivity (Wildman–Crippen MR) is 167 cm³/mol. The fraction of sp³-hybridized carbons (Fsp3) is 0.290. The Balaban J connectivity index is 1.40. The lowest BCUT2D eigenvalue weighted by atomic mass is 9.95. The molecule has 12 heteroatoms. The van der Waals surface area contributed by atoms with Gasteiger partial charge in [-0.2, -0.15) is 0 Å². The average molecular weight is 669 g/mol. The van der Waals surface area contributed by atoms with Gasteiger partial charge in [-0.05, 0) is 30.2 Å². The van der Waals surface area contributed by atoms with Crippen molar-refractivity contribution in [3.63, 3.8) is 0 Å². The van der Waals surface area contributed by atoms with Gasteiger partial charge in [-0.15, -0.1) is 11.3 Å². The first-order chi connectivity index (χ1) is 20.8. The van der Waals surface area contributed by atoms with Crippen LogP contribution in [0.2, 0.25) is 0 Å². The van der Waals surface area contributed by atoms with E-state index in [1.807, 2.05) is 46.7 Å². The Hall–Kier alpha value is -3.71. The monoisotopic (exact) mass is 667 g/mol. The third kappa shape index (κ3) is 7.45. The number of piperazine rings is 1. The van der Waals surface area contributed by atoms with Crippen molar-refractivity contribution < 1.29 is 23.8 Å². The number of hydrogen-bond donors (Lipinski definition) is 2. The average Bonchev–Trinajstić information content (AvgIpc) is 3.54. The van der Waals surface area contributed by atoms with Crippen LogP contribution in [0.15, 0.2) is 86.9 Å². The molecule has 3 aromatic rings. The Bertz CT molecular complexity index is 1540. The normalized spacial score (nSPS) is 18.8. The maximum absolute atomic E-state index is 14.0. The van der Waals surface area contributed by atoms with Crippen LogP contribution in [0, 0.1) is 5.82 Å². The minimum Gasteiger partial charge on any atom is -0.480 e. The molecule has 43 heavy (non-hydrogen) atoms. The smallest absolute Gasteiger partial charge is 0.338 e. The summed E-state index contributed by atoms with van der Waals surface area (Å²) < 4.78 is 20.0. The molecule has 3 heterocycles. The van der Waals surface area contributed by atoms with E-state index in [-0.39, 0.29) is 6.61 Å². The Morgan fingerprint density at radius 3 is 2.63 bits per heavy atom. The van der Waals surface area contributed by atoms with E-state index < -0.39 is 29.8 Å². The molecule has 1 aromatic heterocycles. The number of esters is 1. The number of carbonyl (C=O) groups is 2. The molecule has 2 aromatic carbocycles. The van der Waals surface area contributed by atoms with Gasteiger partial charge in [0, 0.05) is 54.5 Å². The number of carboxylic acid groups (broad SMARTS) is 1. The number of benzene rings is 2. The van der Waals surface area contributed by atoms with Crippen LogP contribution in [0.25, 0.3) is 6.08 Å². The maximum Gasteiger partial charge on any atom is 0.338 e. The Morgan fingerprint density at radius 2 is 1.98 bits per heavy atom. The van der Waals surface area contributed by atoms with Gasteiger partial charge < -0.3 is 15.2 Å². The SMILES string of the molecule is CCOC(=O)C1=C(CN2CCN(C(/C=C/c3ccccc3)C(=O)O)CC2)NC(c2nccs2)=NC1c1ccc(F)cc1Br. The summed E-state index contributed by atoms with van der Waals surface area (Å²) in [5.74, 6) is -1.32. The molecule has 0 saturated carbocycles. The van der Waals surface area contributed by atoms with Gasteiger partial charge >= 0.3 is 11.9 Å². The molecule has 0 aliphatic carbocycles. The Labute approximate surface area is 261 Å². The number of halogens is 2. The summed E-state index contributed by atoms with van der Waals surface area (Å²) in [6.45, 7) is 4.52. The first kappa shape index (κ1) is 30.7. The van der Waals surface area contributed by atoms with Crippen molar-refractivity contribution in [3.05, 3.63) is 104 Å². The van der Waals surface area contributed by atoms with Gasteiger partial charge in [0.25, 0.3) is 0 Å². The second kappa shape index (κ2) is 14.2. The Morgan fingerprint density at radius 1 is 1.21 bits per heavy atom. The summed E-state index contributed by atoms with van der Waals surface area (Å²) in [5, 5.41) is 15.8. The van der Waals surface area contributed by atoms with E-state index in [0.717, 1.165) is 5.56 Å². The van der Waals surface area contributed by atoms with Crippen molar-refractivity contribution in [2.24, 2.45) is 4.99 Å². The van der Waals surface area contributed by atoms with Crippen LogP contribution < -0.4 is 5.32 Å². The molecular weight excluding hydrogens is 637 g/mol. The molecule has 9 nitrogen and oxygen atoms in total. The maximum atomic E-state index is 14.0. The van der Waals surface area contributed by atoms with E-state index in [1.54, 1.807) is 25.3 Å². The zero-order valence-corrected chi connectivity index (χ0v) is 25.9. The van der Waals surface area contributed by atoms with Crippen molar-refractivity contribution in [1.82, 2.24) is 20.1 Å². The van der Waals surface area contributed by atoms with Gasteiger partial charge in [-0.3, -0.25) is 19.6 Å². The number of carbonyl (C=O) groups excluding carboxylic acids is 1. The van der Waals surface area contributed by atoms with E-state index in [1.165, 1.54) is 23.5 Å². The van der Waals surface area contributed by atoms with E-state index in [0.29, 0.717) is 64.9 Å². The molecule has 5 rings (SSSR count). The lowest BCUT2D eigenvalue weighted by Crippen LogP contribution is -2.53. The van der Waals surface area contributed by atoms with Gasteiger partial charge in [-0.25, -0.2) is 14.2 Å². The highest BCUT2D eigenvalue weighted by Crippen LogP contribution is 2.37. The molecule has 0 amide bonds. The predicted octanol–water partition coefficient (Wildman–Crippen LogP) is 4.74. The minimum atomic E-state index is -0.904. The molecule has 2 atom stereocenters. The van der Waals surface area contributed by atoms with Crippen molar-refractivity contribution in [3.8, 4) is 0 Å². The van der Waals surface area contributed by atoms with Gasteiger partial charge in [0.05, 0.1) is 12.2 Å². The van der Waals surface area contributed by atoms with Gasteiger partial charge in [0.2, 0.25) is 0 Å². The third-order valence-electron chi connectivity index (χ3n) is 7.22. The highest BCUT2D eigenvalue weighted by atomic mass is 79.9. The van der Waals surface area contributed by atoms with Crippen molar-refractivity contribution >= 4 is 51.1 Å². The molecule has 0 radical (unpaired) electrons. The summed E-state index contributed by atoms with van der Waals surface area (Å²) >= 11 is 4.87. The topological polar surface area (TPSA) is 107 Å². The minimum absolute atomic E-state index is 0.182. The molecule has 0 spiro atoms. The van der Waals surface area contributed by atoms with Crippen molar-refractivity contribution in [1.29, 1.82) is 0 Å². The van der Waals surface area contributed by atoms with E-state index in [2.05, 4.69) is 31.1 Å². The number of aromatic nitrogens is 1. The molecule has 2 aliphatic heterocycles. The van der Waals surface area contributed by atoms with E-state index >= 15 is 0 Å². The zero-order chi connectivity index (χ0) is 30.3. The van der Waals surface area contributed by atoms with Crippen LogP contribution in [0.3, 0.4) is 0 Å². The van der Waals surface area contributed by atoms with Crippen molar-refractivity contribution in [2.75, 3.05) is 39.3 Å². The number of nitrogens with zero attached hydrogens (tertiary/aromatic N) is 4. The molecule has 1 fully saturated rings. The quantitative estimate of drug-likeness (QED) is 0.299. The van der Waals surface area contributed by atoms with Gasteiger partial charge in [0.15, 0.2) is 10.8 Å². The van der Waals surface area contributed by atoms with E-state index in [4.69, 9.17) is 9.73 Å². The Kier molecular flexibility index (Phi) is 10.1. The number of amidine groups is 1. The van der Waals surface area contributed by atoms with Gasteiger partial charge in [0.1, 0.15) is 17.9 Å². The van der Waals surface area contributed by atoms with Crippen LogP contribution in [-0.4, -0.2) is 83.0 Å². The highest BCUT2D eigenvalue weighted by molar-refractivity contribution is 9.10. The molecule has 0 bridgehead atoms. The lowest BCUT2D eigenvalue weighted by Gasteiger charge is -2.38. The lowest BCUT2D eigenvalue weighted by molar-refractivity contribution is -0.142. The molecule has 2 aliphatic rings. The number of aliphatic imine (C=N–C) groups is 1. The van der Waals surface area contributed by atoms with Crippen LogP contribution in [0.4, 0.5) is 4.39 Å². The number of rotatable bonds is 10. The van der Waals surface area contributed by atoms with Crippen LogP contribution in [0.5, 0.6) is 0 Å². The largest absolute Gasteiger partial charge is 0.480 e. The highest BCUT2D eigenvalue weighted by Gasteiger charge is 2.35. The summed E-state index contributed by atoms with van der Waals surface area (Å²) in [6, 6.07) is 12.4. The molecule has 2 unspecified atom stereocenters. The summed E-state index contributed by atoms with van der Waals surface area (Å²) in [6.07, 6.45) is 5.24. The van der Waals surface area contributed by atoms with Crippen LogP contribution in [-0.2, 0) is 14.3 Å². The van der Waals surface area contributed by atoms with Crippen LogP contribution >= 0.6 is 27.3 Å². The number of nitrogens with one attached hydrogen (secondary N) is 1. The molecular formula is C31H31BrFN5O4S. The second-order valence-corrected chi connectivity index (χ2v) is 11.7. The fourth-order valence-corrected chi connectivity index (χ4v) is 6.27. The zero-order valence-electron chi connectivity index (χ0n) is 23.5. The summed E-state index contributed by atoms with van der Waals surface area (Å²) in [4.78, 5) is 38.9. The number of aliphatic carboxylic acids is 1. The summed E-state index contributed by atoms with van der Waals surface area (Å²) in [7, 11) is 0. The van der Waals surface area contributed by atoms with Crippen LogP contribution in [0.1, 0.15) is 29.1 Å². The third-order valence-corrected chi connectivity index (χ3v) is 8.69.